The summed E-state index contributed by atoms with van der Waals surface area (Å²) in [5, 5.41) is 0. The van der Waals surface area contributed by atoms with Gasteiger partial charge >= 0.3 is 15.2 Å². The molecule has 0 aromatic carbocycles. The molecule has 4 N–H and O–H groups in total. The molecule has 0 unspecified atom stereocenters. The summed E-state index contributed by atoms with van der Waals surface area (Å²) in [6.07, 6.45) is 2.88. The summed E-state index contributed by atoms with van der Waals surface area (Å²) in [4.78, 5) is 33.9. The largest absolute Gasteiger partial charge is 0.344 e. The molecule has 14 heavy (non-hydrogen) atoms. The zero-order valence-corrected chi connectivity index (χ0v) is 9.06. The number of hydrogen-bond acceptors (Lipinski definition) is 2. The van der Waals surface area contributed by atoms with Gasteiger partial charge in [0.15, 0.2) is 4.90 Å². The Balaban J connectivity index is 3.23. The van der Waals surface area contributed by atoms with Gasteiger partial charge in [-0.05, 0) is 19.3 Å². The lowest BCUT2D eigenvalue weighted by Crippen LogP contribution is -2.29. The highest BCUT2D eigenvalue weighted by molar-refractivity contribution is 7.72. The van der Waals surface area contributed by atoms with Crippen LogP contribution in [-0.2, 0) is 9.13 Å². The summed E-state index contributed by atoms with van der Waals surface area (Å²) >= 11 is 0. The van der Waals surface area contributed by atoms with Gasteiger partial charge in [0, 0.05) is 0 Å². The minimum absolute atomic E-state index is 0.182. The van der Waals surface area contributed by atoms with Gasteiger partial charge in [0.25, 0.3) is 0 Å². The third kappa shape index (κ3) is 1.87. The minimum atomic E-state index is -4.81. The van der Waals surface area contributed by atoms with E-state index in [9.17, 15) is 9.13 Å². The van der Waals surface area contributed by atoms with E-state index in [1.165, 1.54) is 6.08 Å². The van der Waals surface area contributed by atoms with E-state index in [1.54, 1.807) is 6.08 Å². The molecule has 0 saturated carbocycles. The molecule has 0 heterocycles. The molecule has 0 amide bonds. The predicted molar refractivity (Wildman–Crippen MR) is 49.8 cm³/mol. The fraction of sp³-hybridized carbons (Fsp3) is 0.667. The van der Waals surface area contributed by atoms with Crippen LogP contribution in [0, 0.1) is 0 Å². The van der Waals surface area contributed by atoms with Gasteiger partial charge in [-0.25, -0.2) is 0 Å². The Hall–Kier alpha value is 0.0400. The quantitative estimate of drug-likeness (QED) is 0.420. The van der Waals surface area contributed by atoms with Gasteiger partial charge in [-0.1, -0.05) is 12.2 Å². The fourth-order valence-electron chi connectivity index (χ4n) is 1.51. The molecule has 82 valence electrons. The van der Waals surface area contributed by atoms with Crippen molar-refractivity contribution in [3.05, 3.63) is 12.2 Å². The van der Waals surface area contributed by atoms with Crippen molar-refractivity contribution < 1.29 is 28.7 Å². The third-order valence-electron chi connectivity index (χ3n) is 2.41. The van der Waals surface area contributed by atoms with Gasteiger partial charge in [-0.3, -0.25) is 9.13 Å². The van der Waals surface area contributed by atoms with Crippen molar-refractivity contribution in [1.82, 2.24) is 0 Å². The molecule has 0 radical (unpaired) electrons. The lowest BCUT2D eigenvalue weighted by molar-refractivity contribution is 0.299. The van der Waals surface area contributed by atoms with Crippen molar-refractivity contribution in [1.29, 1.82) is 0 Å². The van der Waals surface area contributed by atoms with Gasteiger partial charge < -0.3 is 19.6 Å². The maximum absolute atomic E-state index is 11.1. The summed E-state index contributed by atoms with van der Waals surface area (Å²) < 4.78 is 22.2. The average Bonchev–Trinajstić information content (AvgIpc) is 2.02. The Kier molecular flexibility index (Phi) is 3.08. The van der Waals surface area contributed by atoms with E-state index in [0.717, 1.165) is 0 Å². The second kappa shape index (κ2) is 3.56. The van der Waals surface area contributed by atoms with Crippen LogP contribution in [0.3, 0.4) is 0 Å². The lowest BCUT2D eigenvalue weighted by atomic mass is 10.1. The highest BCUT2D eigenvalue weighted by Gasteiger charge is 2.59. The van der Waals surface area contributed by atoms with Crippen LogP contribution < -0.4 is 0 Å². The molecule has 0 aliphatic heterocycles. The summed E-state index contributed by atoms with van der Waals surface area (Å²) in [6.45, 7) is 0. The van der Waals surface area contributed by atoms with Crippen LogP contribution in [-0.4, -0.2) is 24.5 Å². The minimum Gasteiger partial charge on any atom is -0.324 e. The first kappa shape index (κ1) is 12.1. The molecular formula is C6H12O6P2. The first-order chi connectivity index (χ1) is 6.21. The maximum atomic E-state index is 11.1. The molecule has 1 rings (SSSR count). The van der Waals surface area contributed by atoms with Crippen molar-refractivity contribution in [3.63, 3.8) is 0 Å². The molecule has 1 aliphatic carbocycles. The highest BCUT2D eigenvalue weighted by Crippen LogP contribution is 2.73. The van der Waals surface area contributed by atoms with Crippen molar-refractivity contribution >= 4 is 15.2 Å². The number of hydrogen-bond donors (Lipinski definition) is 4. The summed E-state index contributed by atoms with van der Waals surface area (Å²) in [7, 11) is -9.62. The first-order valence-electron chi connectivity index (χ1n) is 3.97. The SMILES string of the molecule is O=P(O)(O)C1(P(=O)(O)O)CC=CCC1. The van der Waals surface area contributed by atoms with Gasteiger partial charge in [-0.15, -0.1) is 0 Å². The molecule has 0 aromatic heterocycles. The van der Waals surface area contributed by atoms with E-state index < -0.39 is 20.1 Å². The van der Waals surface area contributed by atoms with Crippen molar-refractivity contribution in [3.8, 4) is 0 Å². The highest BCUT2D eigenvalue weighted by atomic mass is 31.2. The van der Waals surface area contributed by atoms with Crippen LogP contribution in [0.15, 0.2) is 12.2 Å². The molecule has 0 fully saturated rings. The third-order valence-corrected chi connectivity index (χ3v) is 6.95. The Morgan fingerprint density at radius 3 is 1.71 bits per heavy atom. The average molecular weight is 242 g/mol. The summed E-state index contributed by atoms with van der Waals surface area (Å²) in [6, 6.07) is 0. The number of rotatable bonds is 2. The Morgan fingerprint density at radius 2 is 1.50 bits per heavy atom. The summed E-state index contributed by atoms with van der Waals surface area (Å²) in [5.74, 6) is 0. The standard InChI is InChI=1S/C6H12O6P2/c7-13(8,9)6(14(10,11)12)4-2-1-3-5-6/h1-2H,3-5H2,(H2,7,8,9)(H2,10,11,12). The van der Waals surface area contributed by atoms with Crippen LogP contribution >= 0.6 is 15.2 Å². The number of allylic oxidation sites excluding steroid dienone is 2. The molecule has 0 saturated heterocycles. The van der Waals surface area contributed by atoms with Crippen molar-refractivity contribution in [2.75, 3.05) is 0 Å². The van der Waals surface area contributed by atoms with E-state index >= 15 is 0 Å². The second-order valence-corrected chi connectivity index (χ2v) is 7.53. The van der Waals surface area contributed by atoms with Gasteiger partial charge in [0.2, 0.25) is 0 Å². The Bertz CT molecular complexity index is 314. The molecule has 6 nitrogen and oxygen atoms in total. The molecule has 0 spiro atoms. The first-order valence-corrected chi connectivity index (χ1v) is 7.19. The Labute approximate surface area is 81.0 Å². The van der Waals surface area contributed by atoms with E-state index in [-0.39, 0.29) is 19.3 Å². The van der Waals surface area contributed by atoms with E-state index in [2.05, 4.69) is 0 Å². The molecule has 8 heteroatoms. The van der Waals surface area contributed by atoms with Crippen LogP contribution in [0.2, 0.25) is 0 Å². The predicted octanol–water partition coefficient (Wildman–Crippen LogP) is 0.778. The maximum Gasteiger partial charge on any atom is 0.344 e. The summed E-state index contributed by atoms with van der Waals surface area (Å²) in [5.41, 5.74) is 0. The molecule has 0 atom stereocenters. The van der Waals surface area contributed by atoms with Crippen LogP contribution in [0.1, 0.15) is 19.3 Å². The van der Waals surface area contributed by atoms with E-state index in [0.29, 0.717) is 0 Å². The monoisotopic (exact) mass is 242 g/mol. The van der Waals surface area contributed by atoms with E-state index in [4.69, 9.17) is 19.6 Å². The molecule has 0 bridgehead atoms. The smallest absolute Gasteiger partial charge is 0.324 e. The topological polar surface area (TPSA) is 115 Å². The normalized spacial score (nSPS) is 22.3. The van der Waals surface area contributed by atoms with Gasteiger partial charge in [-0.2, -0.15) is 0 Å². The van der Waals surface area contributed by atoms with E-state index in [1.807, 2.05) is 0 Å². The Morgan fingerprint density at radius 1 is 1.00 bits per heavy atom. The second-order valence-electron chi connectivity index (χ2n) is 3.28. The fourth-order valence-corrected chi connectivity index (χ4v) is 4.39. The van der Waals surface area contributed by atoms with Crippen LogP contribution in [0.5, 0.6) is 0 Å². The van der Waals surface area contributed by atoms with Crippen LogP contribution in [0.4, 0.5) is 0 Å². The molecular weight excluding hydrogens is 230 g/mol. The van der Waals surface area contributed by atoms with Crippen molar-refractivity contribution in [2.45, 2.75) is 24.2 Å². The zero-order chi connectivity index (χ0) is 11.0. The van der Waals surface area contributed by atoms with Crippen molar-refractivity contribution in [2.24, 2.45) is 0 Å². The zero-order valence-electron chi connectivity index (χ0n) is 7.28. The van der Waals surface area contributed by atoms with Gasteiger partial charge in [0.05, 0.1) is 0 Å². The molecule has 0 aromatic rings. The van der Waals surface area contributed by atoms with Crippen LogP contribution in [0.25, 0.3) is 0 Å². The van der Waals surface area contributed by atoms with Gasteiger partial charge in [0.1, 0.15) is 0 Å². The molecule has 1 aliphatic rings. The lowest BCUT2D eigenvalue weighted by Gasteiger charge is -2.35.